The third-order valence-corrected chi connectivity index (χ3v) is 5.84. The summed E-state index contributed by atoms with van der Waals surface area (Å²) >= 11 is 0. The van der Waals surface area contributed by atoms with E-state index in [1.165, 1.54) is 12.0 Å². The molecule has 3 heterocycles. The molecule has 0 radical (unpaired) electrons. The Morgan fingerprint density at radius 2 is 2.15 bits per heavy atom. The van der Waals surface area contributed by atoms with E-state index in [4.69, 9.17) is 4.74 Å². The molecule has 0 spiro atoms. The van der Waals surface area contributed by atoms with Gasteiger partial charge in [0, 0.05) is 62.4 Å². The van der Waals surface area contributed by atoms with E-state index in [1.54, 1.807) is 0 Å². The Morgan fingerprint density at radius 1 is 1.31 bits per heavy atom. The van der Waals surface area contributed by atoms with Gasteiger partial charge in [-0.1, -0.05) is 6.07 Å². The summed E-state index contributed by atoms with van der Waals surface area (Å²) in [6, 6.07) is 4.71. The van der Waals surface area contributed by atoms with E-state index in [0.29, 0.717) is 6.04 Å². The van der Waals surface area contributed by atoms with E-state index in [1.807, 2.05) is 25.5 Å². The van der Waals surface area contributed by atoms with Gasteiger partial charge in [0.1, 0.15) is 5.82 Å². The molecule has 0 amide bonds. The van der Waals surface area contributed by atoms with E-state index in [2.05, 4.69) is 52.5 Å². The molecule has 1 aliphatic rings. The standard InChI is InChI=1S/C21H32N4O/c1-5-26-16-21(9-8-20-22-11-13-24(20)4)10-12-25(15-21)18(3)19-7-6-17(2)23-14-19/h6-7,11,13-14,18H,5,8-10,12,15-16H2,1-4H3. The first-order chi connectivity index (χ1) is 12.5. The van der Waals surface area contributed by atoms with Crippen LogP contribution >= 0.6 is 0 Å². The molecule has 0 N–H and O–H groups in total. The number of aryl methyl sites for hydroxylation is 3. The van der Waals surface area contributed by atoms with Gasteiger partial charge in [-0.15, -0.1) is 0 Å². The summed E-state index contributed by atoms with van der Waals surface area (Å²) in [4.78, 5) is 11.6. The van der Waals surface area contributed by atoms with Crippen LogP contribution in [0.1, 0.15) is 49.8 Å². The number of imidazole rings is 1. The van der Waals surface area contributed by atoms with E-state index in [-0.39, 0.29) is 5.41 Å². The summed E-state index contributed by atoms with van der Waals surface area (Å²) in [6.45, 7) is 10.2. The Morgan fingerprint density at radius 3 is 2.81 bits per heavy atom. The minimum Gasteiger partial charge on any atom is -0.381 e. The predicted molar refractivity (Wildman–Crippen MR) is 104 cm³/mol. The molecular weight excluding hydrogens is 324 g/mol. The highest BCUT2D eigenvalue weighted by Gasteiger charge is 2.40. The monoisotopic (exact) mass is 356 g/mol. The molecule has 26 heavy (non-hydrogen) atoms. The first-order valence-corrected chi connectivity index (χ1v) is 9.73. The molecule has 2 unspecified atom stereocenters. The maximum absolute atomic E-state index is 5.90. The minimum absolute atomic E-state index is 0.217. The Hall–Kier alpha value is -1.72. The first kappa shape index (κ1) is 19.1. The van der Waals surface area contributed by atoms with Crippen LogP contribution in [0, 0.1) is 12.3 Å². The van der Waals surface area contributed by atoms with Crippen molar-refractivity contribution in [1.82, 2.24) is 19.4 Å². The zero-order valence-corrected chi connectivity index (χ0v) is 16.6. The highest BCUT2D eigenvalue weighted by molar-refractivity contribution is 5.17. The highest BCUT2D eigenvalue weighted by Crippen LogP contribution is 2.39. The lowest BCUT2D eigenvalue weighted by Crippen LogP contribution is -2.33. The highest BCUT2D eigenvalue weighted by atomic mass is 16.5. The van der Waals surface area contributed by atoms with Crippen molar-refractivity contribution >= 4 is 0 Å². The molecule has 1 aliphatic heterocycles. The molecule has 0 aliphatic carbocycles. The van der Waals surface area contributed by atoms with Crippen LogP contribution in [0.3, 0.4) is 0 Å². The van der Waals surface area contributed by atoms with Gasteiger partial charge in [0.25, 0.3) is 0 Å². The van der Waals surface area contributed by atoms with Gasteiger partial charge in [0.2, 0.25) is 0 Å². The SMILES string of the molecule is CCOCC1(CCc2nccn2C)CCN(C(C)c2ccc(C)nc2)C1. The molecule has 142 valence electrons. The summed E-state index contributed by atoms with van der Waals surface area (Å²) in [7, 11) is 2.07. The van der Waals surface area contributed by atoms with E-state index >= 15 is 0 Å². The number of nitrogens with zero attached hydrogens (tertiary/aromatic N) is 4. The van der Waals surface area contributed by atoms with Crippen molar-refractivity contribution in [2.24, 2.45) is 12.5 Å². The Bertz CT molecular complexity index is 696. The van der Waals surface area contributed by atoms with Crippen LogP contribution < -0.4 is 0 Å². The fourth-order valence-corrected chi connectivity index (χ4v) is 3.96. The normalized spacial score (nSPS) is 22.0. The minimum atomic E-state index is 0.217. The first-order valence-electron chi connectivity index (χ1n) is 9.73. The van der Waals surface area contributed by atoms with Crippen molar-refractivity contribution in [2.45, 2.75) is 46.1 Å². The van der Waals surface area contributed by atoms with Gasteiger partial charge < -0.3 is 9.30 Å². The third kappa shape index (κ3) is 4.33. The van der Waals surface area contributed by atoms with Crippen LogP contribution in [0.25, 0.3) is 0 Å². The fraction of sp³-hybridized carbons (Fsp3) is 0.619. The molecule has 2 aromatic rings. The second-order valence-electron chi connectivity index (χ2n) is 7.72. The smallest absolute Gasteiger partial charge is 0.108 e. The lowest BCUT2D eigenvalue weighted by Gasteiger charge is -2.31. The number of hydrogen-bond donors (Lipinski definition) is 0. The van der Waals surface area contributed by atoms with Crippen molar-refractivity contribution in [2.75, 3.05) is 26.3 Å². The molecule has 1 fully saturated rings. The molecule has 0 aromatic carbocycles. The summed E-state index contributed by atoms with van der Waals surface area (Å²) < 4.78 is 8.03. The zero-order chi connectivity index (χ0) is 18.6. The summed E-state index contributed by atoms with van der Waals surface area (Å²) in [5, 5.41) is 0. The van der Waals surface area contributed by atoms with Crippen molar-refractivity contribution in [3.05, 3.63) is 47.8 Å². The van der Waals surface area contributed by atoms with Gasteiger partial charge >= 0.3 is 0 Å². The predicted octanol–water partition coefficient (Wildman–Crippen LogP) is 3.55. The molecule has 2 atom stereocenters. The third-order valence-electron chi connectivity index (χ3n) is 5.84. The van der Waals surface area contributed by atoms with Gasteiger partial charge in [0.05, 0.1) is 6.61 Å². The summed E-state index contributed by atoms with van der Waals surface area (Å²) in [5.74, 6) is 1.16. The van der Waals surface area contributed by atoms with Crippen LogP contribution in [0.15, 0.2) is 30.7 Å². The van der Waals surface area contributed by atoms with Gasteiger partial charge in [0.15, 0.2) is 0 Å². The van der Waals surface area contributed by atoms with Gasteiger partial charge in [-0.3, -0.25) is 9.88 Å². The molecule has 1 saturated heterocycles. The number of ether oxygens (including phenoxy) is 1. The van der Waals surface area contributed by atoms with Crippen molar-refractivity contribution in [1.29, 1.82) is 0 Å². The number of hydrogen-bond acceptors (Lipinski definition) is 4. The van der Waals surface area contributed by atoms with Crippen LogP contribution in [0.5, 0.6) is 0 Å². The second-order valence-corrected chi connectivity index (χ2v) is 7.72. The molecular formula is C21H32N4O. The van der Waals surface area contributed by atoms with Crippen LogP contribution in [0.2, 0.25) is 0 Å². The van der Waals surface area contributed by atoms with E-state index in [0.717, 1.165) is 50.7 Å². The maximum Gasteiger partial charge on any atom is 0.108 e. The van der Waals surface area contributed by atoms with Crippen molar-refractivity contribution in [3.8, 4) is 0 Å². The average molecular weight is 357 g/mol. The second kappa shape index (κ2) is 8.31. The van der Waals surface area contributed by atoms with E-state index < -0.39 is 0 Å². The molecule has 0 bridgehead atoms. The number of rotatable bonds is 8. The molecule has 5 nitrogen and oxygen atoms in total. The summed E-state index contributed by atoms with van der Waals surface area (Å²) in [5.41, 5.74) is 2.59. The van der Waals surface area contributed by atoms with Gasteiger partial charge in [-0.05, 0) is 51.8 Å². The fourth-order valence-electron chi connectivity index (χ4n) is 3.96. The van der Waals surface area contributed by atoms with Gasteiger partial charge in [-0.2, -0.15) is 0 Å². The topological polar surface area (TPSA) is 43.2 Å². The average Bonchev–Trinajstić information content (AvgIpc) is 3.25. The molecule has 3 rings (SSSR count). The largest absolute Gasteiger partial charge is 0.381 e. The number of likely N-dealkylation sites (tertiary alicyclic amines) is 1. The lowest BCUT2D eigenvalue weighted by molar-refractivity contribution is 0.0462. The molecule has 5 heteroatoms. The van der Waals surface area contributed by atoms with Crippen molar-refractivity contribution in [3.63, 3.8) is 0 Å². The van der Waals surface area contributed by atoms with Crippen LogP contribution in [0.4, 0.5) is 0 Å². The maximum atomic E-state index is 5.90. The van der Waals surface area contributed by atoms with E-state index in [9.17, 15) is 0 Å². The summed E-state index contributed by atoms with van der Waals surface area (Å²) in [6.07, 6.45) is 9.24. The molecule has 0 saturated carbocycles. The Balaban J connectivity index is 1.68. The number of pyridine rings is 1. The quantitative estimate of drug-likeness (QED) is 0.725. The lowest BCUT2D eigenvalue weighted by atomic mass is 9.83. The molecule has 2 aromatic heterocycles. The van der Waals surface area contributed by atoms with Gasteiger partial charge in [-0.25, -0.2) is 4.98 Å². The Kier molecular flexibility index (Phi) is 6.09. The Labute approximate surface area is 157 Å². The van der Waals surface area contributed by atoms with Crippen LogP contribution in [-0.2, 0) is 18.2 Å². The van der Waals surface area contributed by atoms with Crippen molar-refractivity contribution < 1.29 is 4.74 Å². The van der Waals surface area contributed by atoms with Crippen LogP contribution in [-0.4, -0.2) is 45.7 Å². The number of aromatic nitrogens is 3. The zero-order valence-electron chi connectivity index (χ0n) is 16.6.